The first kappa shape index (κ1) is 23.0. The Kier molecular flexibility index (Phi) is 6.58. The fourth-order valence-electron chi connectivity index (χ4n) is 3.97. The first-order chi connectivity index (χ1) is 16.4. The molecule has 1 aliphatic rings. The molecule has 0 aliphatic carbocycles. The molecule has 1 atom stereocenters. The number of ether oxygens (including phenoxy) is 2. The van der Waals surface area contributed by atoms with Crippen LogP contribution < -0.4 is 9.47 Å². The van der Waals surface area contributed by atoms with Crippen molar-refractivity contribution in [2.24, 2.45) is 0 Å². The minimum Gasteiger partial charge on any atom is -0.507 e. The number of amides is 1. The quantitative estimate of drug-likeness (QED) is 0.321. The number of likely N-dealkylation sites (tertiary alicyclic amines) is 1. The number of aliphatic hydroxyl groups excluding tert-OH is 1. The topological polar surface area (TPSA) is 89.0 Å². The third-order valence-electron chi connectivity index (χ3n) is 5.54. The highest BCUT2D eigenvalue weighted by atomic mass is 19.1. The Balaban J connectivity index is 1.88. The lowest BCUT2D eigenvalue weighted by atomic mass is 9.95. The molecule has 0 spiro atoms. The highest BCUT2D eigenvalue weighted by Gasteiger charge is 2.46. The van der Waals surface area contributed by atoms with E-state index in [4.69, 9.17) is 9.47 Å². The van der Waals surface area contributed by atoms with Crippen LogP contribution in [0.5, 0.6) is 11.5 Å². The summed E-state index contributed by atoms with van der Waals surface area (Å²) in [6.07, 6.45) is 3.22. The number of rotatable bonds is 7. The number of hydrogen-bond acceptors (Lipinski definition) is 6. The average Bonchev–Trinajstić information content (AvgIpc) is 3.10. The number of benzene rings is 2. The number of carbonyl (C=O) groups is 2. The number of Topliss-reactive ketones (excluding diaryl/α,β-unsaturated/α-hetero) is 1. The van der Waals surface area contributed by atoms with Crippen LogP contribution in [0.2, 0.25) is 0 Å². The molecule has 1 amide bonds. The molecule has 0 saturated carbocycles. The summed E-state index contributed by atoms with van der Waals surface area (Å²) < 4.78 is 24.5. The van der Waals surface area contributed by atoms with Crippen molar-refractivity contribution in [1.29, 1.82) is 0 Å². The van der Waals surface area contributed by atoms with Crippen molar-refractivity contribution in [3.05, 3.63) is 95.1 Å². The van der Waals surface area contributed by atoms with Crippen molar-refractivity contribution >= 4 is 17.4 Å². The van der Waals surface area contributed by atoms with Gasteiger partial charge < -0.3 is 19.5 Å². The van der Waals surface area contributed by atoms with Gasteiger partial charge in [-0.1, -0.05) is 12.1 Å². The summed E-state index contributed by atoms with van der Waals surface area (Å²) in [4.78, 5) is 31.7. The fraction of sp³-hybridized carbons (Fsp3) is 0.192. The number of pyridine rings is 1. The number of aliphatic hydroxyl groups is 1. The molecule has 3 aromatic rings. The average molecular weight is 462 g/mol. The summed E-state index contributed by atoms with van der Waals surface area (Å²) in [6, 6.07) is 12.8. The molecule has 0 radical (unpaired) electrons. The van der Waals surface area contributed by atoms with Crippen molar-refractivity contribution in [1.82, 2.24) is 9.88 Å². The van der Waals surface area contributed by atoms with Gasteiger partial charge in [0.25, 0.3) is 11.7 Å². The van der Waals surface area contributed by atoms with E-state index in [1.165, 1.54) is 36.3 Å². The third-order valence-corrected chi connectivity index (χ3v) is 5.54. The van der Waals surface area contributed by atoms with Crippen molar-refractivity contribution < 1.29 is 28.6 Å². The standard InChI is InChI=1S/C26H23FN2O5/c1-3-34-20-11-8-18(13-21(20)33-2)23-22(24(30)17-6-9-19(27)10-7-17)25(31)26(32)29(23)15-16-5-4-12-28-14-16/h4-14,23,30H,3,15H2,1-2H3/t23-/m1/s1. The maximum Gasteiger partial charge on any atom is 0.295 e. The van der Waals surface area contributed by atoms with Crippen LogP contribution in [0.25, 0.3) is 5.76 Å². The second-order valence-electron chi connectivity index (χ2n) is 7.64. The van der Waals surface area contributed by atoms with Gasteiger partial charge in [-0.05, 0) is 60.5 Å². The van der Waals surface area contributed by atoms with Gasteiger partial charge in [-0.25, -0.2) is 4.39 Å². The van der Waals surface area contributed by atoms with E-state index in [9.17, 15) is 19.1 Å². The van der Waals surface area contributed by atoms with Gasteiger partial charge in [-0.3, -0.25) is 14.6 Å². The highest BCUT2D eigenvalue weighted by Crippen LogP contribution is 2.42. The van der Waals surface area contributed by atoms with Crippen LogP contribution in [-0.4, -0.2) is 40.4 Å². The van der Waals surface area contributed by atoms with E-state index in [2.05, 4.69) is 4.98 Å². The Morgan fingerprint density at radius 3 is 2.53 bits per heavy atom. The van der Waals surface area contributed by atoms with Crippen LogP contribution in [0, 0.1) is 5.82 Å². The minimum atomic E-state index is -0.908. The van der Waals surface area contributed by atoms with E-state index in [-0.39, 0.29) is 23.4 Å². The third kappa shape index (κ3) is 4.34. The van der Waals surface area contributed by atoms with Gasteiger partial charge >= 0.3 is 0 Å². The van der Waals surface area contributed by atoms with E-state index in [1.54, 1.807) is 42.7 Å². The second-order valence-corrected chi connectivity index (χ2v) is 7.64. The molecule has 34 heavy (non-hydrogen) atoms. The first-order valence-corrected chi connectivity index (χ1v) is 10.7. The molecule has 1 N–H and O–H groups in total. The predicted octanol–water partition coefficient (Wildman–Crippen LogP) is 4.25. The number of hydrogen-bond donors (Lipinski definition) is 1. The van der Waals surface area contributed by atoms with E-state index in [0.29, 0.717) is 29.2 Å². The summed E-state index contributed by atoms with van der Waals surface area (Å²) in [7, 11) is 1.49. The van der Waals surface area contributed by atoms with Gasteiger partial charge in [-0.15, -0.1) is 0 Å². The molecule has 1 saturated heterocycles. The van der Waals surface area contributed by atoms with Crippen molar-refractivity contribution in [3.8, 4) is 11.5 Å². The van der Waals surface area contributed by atoms with Crippen LogP contribution >= 0.6 is 0 Å². The zero-order valence-corrected chi connectivity index (χ0v) is 18.7. The number of aromatic nitrogens is 1. The van der Waals surface area contributed by atoms with Crippen molar-refractivity contribution in [3.63, 3.8) is 0 Å². The first-order valence-electron chi connectivity index (χ1n) is 10.7. The Bertz CT molecular complexity index is 1240. The zero-order chi connectivity index (χ0) is 24.2. The molecular weight excluding hydrogens is 439 g/mol. The molecular formula is C26H23FN2O5. The van der Waals surface area contributed by atoms with Gasteiger partial charge in [0.1, 0.15) is 11.6 Å². The number of halogens is 1. The van der Waals surface area contributed by atoms with Crippen LogP contribution in [-0.2, 0) is 16.1 Å². The number of carbonyl (C=O) groups excluding carboxylic acids is 2. The summed E-state index contributed by atoms with van der Waals surface area (Å²) in [6.45, 7) is 2.37. The SMILES string of the molecule is CCOc1ccc([C@@H]2C(=C(O)c3ccc(F)cc3)C(=O)C(=O)N2Cc2cccnc2)cc1OC. The molecule has 0 bridgehead atoms. The Morgan fingerprint density at radius 1 is 1.12 bits per heavy atom. The van der Waals surface area contributed by atoms with E-state index >= 15 is 0 Å². The van der Waals surface area contributed by atoms with Gasteiger partial charge in [0.15, 0.2) is 11.5 Å². The molecule has 2 aromatic carbocycles. The highest BCUT2D eigenvalue weighted by molar-refractivity contribution is 6.46. The Hall–Kier alpha value is -4.20. The van der Waals surface area contributed by atoms with Gasteiger partial charge in [0.05, 0.1) is 25.3 Å². The van der Waals surface area contributed by atoms with Crippen molar-refractivity contribution in [2.45, 2.75) is 19.5 Å². The molecule has 1 aliphatic heterocycles. The zero-order valence-electron chi connectivity index (χ0n) is 18.7. The number of nitrogens with zero attached hydrogens (tertiary/aromatic N) is 2. The molecule has 7 nitrogen and oxygen atoms in total. The lowest BCUT2D eigenvalue weighted by molar-refractivity contribution is -0.140. The van der Waals surface area contributed by atoms with E-state index in [1.807, 2.05) is 6.92 Å². The Morgan fingerprint density at radius 2 is 1.88 bits per heavy atom. The molecule has 0 unspecified atom stereocenters. The summed E-state index contributed by atoms with van der Waals surface area (Å²) in [5, 5.41) is 11.1. The normalized spacial score (nSPS) is 17.1. The number of methoxy groups -OCH3 is 1. The molecule has 1 aromatic heterocycles. The maximum absolute atomic E-state index is 13.4. The summed E-state index contributed by atoms with van der Waals surface area (Å²) >= 11 is 0. The van der Waals surface area contributed by atoms with Crippen LogP contribution in [0.3, 0.4) is 0 Å². The molecule has 174 valence electrons. The largest absolute Gasteiger partial charge is 0.507 e. The van der Waals surface area contributed by atoms with Crippen LogP contribution in [0.4, 0.5) is 4.39 Å². The van der Waals surface area contributed by atoms with Crippen LogP contribution in [0.15, 0.2) is 72.6 Å². The number of ketones is 1. The van der Waals surface area contributed by atoms with Gasteiger partial charge in [0.2, 0.25) is 0 Å². The smallest absolute Gasteiger partial charge is 0.295 e. The second kappa shape index (κ2) is 9.74. The predicted molar refractivity (Wildman–Crippen MR) is 123 cm³/mol. The molecule has 8 heteroatoms. The molecule has 2 heterocycles. The summed E-state index contributed by atoms with van der Waals surface area (Å²) in [5.74, 6) is -1.52. The minimum absolute atomic E-state index is 0.0910. The molecule has 4 rings (SSSR count). The van der Waals surface area contributed by atoms with Crippen LogP contribution in [0.1, 0.15) is 29.7 Å². The lowest BCUT2D eigenvalue weighted by Crippen LogP contribution is -2.29. The van der Waals surface area contributed by atoms with E-state index < -0.39 is 23.5 Å². The van der Waals surface area contributed by atoms with Gasteiger partial charge in [-0.2, -0.15) is 0 Å². The fourth-order valence-corrected chi connectivity index (χ4v) is 3.97. The Labute approximate surface area is 196 Å². The molecule has 1 fully saturated rings. The lowest BCUT2D eigenvalue weighted by Gasteiger charge is -2.26. The van der Waals surface area contributed by atoms with Crippen molar-refractivity contribution in [2.75, 3.05) is 13.7 Å². The van der Waals surface area contributed by atoms with Gasteiger partial charge in [0, 0.05) is 24.5 Å². The summed E-state index contributed by atoms with van der Waals surface area (Å²) in [5.41, 5.74) is 1.40. The van der Waals surface area contributed by atoms with E-state index in [0.717, 1.165) is 0 Å². The monoisotopic (exact) mass is 462 g/mol. The maximum atomic E-state index is 13.4.